The molecule has 0 radical (unpaired) electrons. The van der Waals surface area contributed by atoms with Crippen molar-refractivity contribution < 1.29 is 5.11 Å². The molecule has 0 aromatic carbocycles. The number of hydrogen-bond donors (Lipinski definition) is 1. The largest absolute Gasteiger partial charge is 0.392 e. The Balaban J connectivity index is 2.32. The quantitative estimate of drug-likeness (QED) is 0.593. The predicted molar refractivity (Wildman–Crippen MR) is 49.8 cm³/mol. The predicted octanol–water partition coefficient (Wildman–Crippen LogP) is 2.36. The lowest BCUT2D eigenvalue weighted by atomic mass is 9.47. The zero-order chi connectivity index (χ0) is 8.93. The summed E-state index contributed by atoms with van der Waals surface area (Å²) in [7, 11) is 0. The van der Waals surface area contributed by atoms with Gasteiger partial charge < -0.3 is 5.11 Å². The molecule has 1 fully saturated rings. The highest BCUT2D eigenvalue weighted by atomic mass is 16.3. The second-order valence-corrected chi connectivity index (χ2v) is 4.97. The molecule has 0 saturated heterocycles. The van der Waals surface area contributed by atoms with Gasteiger partial charge in [-0.3, -0.25) is 0 Å². The minimum absolute atomic E-state index is 0.284. The summed E-state index contributed by atoms with van der Waals surface area (Å²) in [4.78, 5) is 0. The Bertz CT molecular complexity index is 237. The zero-order valence-corrected chi connectivity index (χ0v) is 8.22. The van der Waals surface area contributed by atoms with Crippen molar-refractivity contribution in [1.82, 2.24) is 0 Å². The highest BCUT2D eigenvalue weighted by molar-refractivity contribution is 5.29. The number of rotatable bonds is 1. The van der Waals surface area contributed by atoms with Crippen LogP contribution in [0.25, 0.3) is 0 Å². The van der Waals surface area contributed by atoms with Crippen molar-refractivity contribution in [2.45, 2.75) is 33.6 Å². The van der Waals surface area contributed by atoms with E-state index in [9.17, 15) is 5.11 Å². The molecule has 3 aliphatic carbocycles. The van der Waals surface area contributed by atoms with Gasteiger partial charge in [0.05, 0.1) is 6.61 Å². The first kappa shape index (κ1) is 8.31. The van der Waals surface area contributed by atoms with Gasteiger partial charge in [0.1, 0.15) is 0 Å². The molecule has 68 valence electrons. The van der Waals surface area contributed by atoms with Crippen molar-refractivity contribution in [3.05, 3.63) is 11.1 Å². The van der Waals surface area contributed by atoms with Crippen LogP contribution in [0.1, 0.15) is 33.6 Å². The van der Waals surface area contributed by atoms with Crippen LogP contribution in [0.5, 0.6) is 0 Å². The lowest BCUT2D eigenvalue weighted by Crippen LogP contribution is -2.49. The first-order valence-electron chi connectivity index (χ1n) is 4.86. The van der Waals surface area contributed by atoms with Gasteiger partial charge in [-0.2, -0.15) is 0 Å². The maximum absolute atomic E-state index is 9.23. The Labute approximate surface area is 74.5 Å². The molecular weight excluding hydrogens is 148 g/mol. The van der Waals surface area contributed by atoms with E-state index >= 15 is 0 Å². The maximum atomic E-state index is 9.23. The van der Waals surface area contributed by atoms with E-state index in [4.69, 9.17) is 0 Å². The third-order valence-corrected chi connectivity index (χ3v) is 4.16. The number of fused-ring (bicyclic) bond motifs is 1. The second-order valence-electron chi connectivity index (χ2n) is 4.97. The summed E-state index contributed by atoms with van der Waals surface area (Å²) in [5, 5.41) is 9.23. The molecule has 1 N–H and O–H groups in total. The van der Waals surface area contributed by atoms with Gasteiger partial charge in [-0.15, -0.1) is 0 Å². The molecule has 1 heteroatoms. The Kier molecular flexibility index (Phi) is 1.63. The van der Waals surface area contributed by atoms with E-state index in [0.29, 0.717) is 11.3 Å². The van der Waals surface area contributed by atoms with Crippen LogP contribution >= 0.6 is 0 Å². The van der Waals surface area contributed by atoms with Crippen molar-refractivity contribution >= 4 is 0 Å². The number of allylic oxidation sites excluding steroid dienone is 1. The van der Waals surface area contributed by atoms with Crippen LogP contribution in [-0.2, 0) is 0 Å². The molecule has 1 saturated carbocycles. The second kappa shape index (κ2) is 2.35. The van der Waals surface area contributed by atoms with E-state index < -0.39 is 0 Å². The summed E-state index contributed by atoms with van der Waals surface area (Å²) in [6.07, 6.45) is 2.54. The summed E-state index contributed by atoms with van der Waals surface area (Å²) in [6, 6.07) is 0. The van der Waals surface area contributed by atoms with E-state index in [1.807, 2.05) is 0 Å². The van der Waals surface area contributed by atoms with Crippen molar-refractivity contribution in [1.29, 1.82) is 0 Å². The fourth-order valence-corrected chi connectivity index (χ4v) is 3.00. The van der Waals surface area contributed by atoms with E-state index in [1.165, 1.54) is 24.0 Å². The molecule has 0 heterocycles. The molecule has 0 unspecified atom stereocenters. The van der Waals surface area contributed by atoms with Crippen LogP contribution in [0.2, 0.25) is 0 Å². The lowest BCUT2D eigenvalue weighted by molar-refractivity contribution is -0.0167. The smallest absolute Gasteiger partial charge is 0.0647 e. The molecule has 1 nitrogen and oxygen atoms in total. The van der Waals surface area contributed by atoms with Gasteiger partial charge in [0.25, 0.3) is 0 Å². The molecule has 2 atom stereocenters. The summed E-state index contributed by atoms with van der Waals surface area (Å²) < 4.78 is 0. The number of aliphatic hydroxyl groups is 1. The van der Waals surface area contributed by atoms with E-state index in [0.717, 1.165) is 5.92 Å². The van der Waals surface area contributed by atoms with Gasteiger partial charge in [0.2, 0.25) is 0 Å². The highest BCUT2D eigenvalue weighted by Crippen LogP contribution is 2.60. The third-order valence-electron chi connectivity index (χ3n) is 4.16. The molecule has 0 spiro atoms. The van der Waals surface area contributed by atoms with Gasteiger partial charge in [0, 0.05) is 0 Å². The molecule has 2 bridgehead atoms. The normalized spacial score (nSPS) is 38.0. The minimum Gasteiger partial charge on any atom is -0.392 e. The maximum Gasteiger partial charge on any atom is 0.0647 e. The SMILES string of the molecule is CC1=C(CO)[C@@H]2C[C@H](C1)C2(C)C. The molecular formula is C11H18O. The van der Waals surface area contributed by atoms with Gasteiger partial charge in [0.15, 0.2) is 0 Å². The zero-order valence-electron chi connectivity index (χ0n) is 8.22. The Morgan fingerprint density at radius 2 is 2.17 bits per heavy atom. The molecule has 0 aromatic heterocycles. The van der Waals surface area contributed by atoms with Crippen molar-refractivity contribution in [2.24, 2.45) is 17.3 Å². The third kappa shape index (κ3) is 0.832. The summed E-state index contributed by atoms with van der Waals surface area (Å²) >= 11 is 0. The van der Waals surface area contributed by atoms with Crippen LogP contribution in [0, 0.1) is 17.3 Å². The summed E-state index contributed by atoms with van der Waals surface area (Å²) in [5.41, 5.74) is 3.26. The van der Waals surface area contributed by atoms with Crippen molar-refractivity contribution in [3.8, 4) is 0 Å². The van der Waals surface area contributed by atoms with Crippen LogP contribution in [0.15, 0.2) is 11.1 Å². The molecule has 12 heavy (non-hydrogen) atoms. The number of hydrogen-bond acceptors (Lipinski definition) is 1. The lowest BCUT2D eigenvalue weighted by Gasteiger charge is -2.57. The average Bonchev–Trinajstić information content (AvgIpc) is 2.03. The molecule has 3 aliphatic rings. The standard InChI is InChI=1S/C11H18O/c1-7-4-8-5-10(9(7)6-12)11(8,2)3/h8,10,12H,4-6H2,1-3H3/t8-,10-/m0/s1. The van der Waals surface area contributed by atoms with Gasteiger partial charge >= 0.3 is 0 Å². The Hall–Kier alpha value is -0.300. The van der Waals surface area contributed by atoms with Crippen LogP contribution < -0.4 is 0 Å². The highest BCUT2D eigenvalue weighted by Gasteiger charge is 2.52. The van der Waals surface area contributed by atoms with E-state index in [-0.39, 0.29) is 6.61 Å². The van der Waals surface area contributed by atoms with Crippen LogP contribution in [0.4, 0.5) is 0 Å². The van der Waals surface area contributed by atoms with Crippen molar-refractivity contribution in [2.75, 3.05) is 6.61 Å². The number of aliphatic hydroxyl groups excluding tert-OH is 1. The average molecular weight is 166 g/mol. The Morgan fingerprint density at radius 1 is 1.50 bits per heavy atom. The first-order valence-corrected chi connectivity index (χ1v) is 4.86. The topological polar surface area (TPSA) is 20.2 Å². The van der Waals surface area contributed by atoms with Crippen LogP contribution in [0.3, 0.4) is 0 Å². The summed E-state index contributed by atoms with van der Waals surface area (Å²) in [6.45, 7) is 7.15. The minimum atomic E-state index is 0.284. The van der Waals surface area contributed by atoms with Crippen LogP contribution in [-0.4, -0.2) is 11.7 Å². The van der Waals surface area contributed by atoms with E-state index in [2.05, 4.69) is 20.8 Å². The summed E-state index contributed by atoms with van der Waals surface area (Å²) in [5.74, 6) is 1.57. The molecule has 3 rings (SSSR count). The van der Waals surface area contributed by atoms with Crippen molar-refractivity contribution in [3.63, 3.8) is 0 Å². The Morgan fingerprint density at radius 3 is 2.58 bits per heavy atom. The first-order chi connectivity index (χ1) is 5.57. The molecule has 0 aromatic rings. The van der Waals surface area contributed by atoms with Gasteiger partial charge in [-0.05, 0) is 42.6 Å². The molecule has 0 aliphatic heterocycles. The monoisotopic (exact) mass is 166 g/mol. The molecule has 0 amide bonds. The van der Waals surface area contributed by atoms with Gasteiger partial charge in [-0.1, -0.05) is 19.4 Å². The fourth-order valence-electron chi connectivity index (χ4n) is 3.00. The van der Waals surface area contributed by atoms with Gasteiger partial charge in [-0.25, -0.2) is 0 Å². The van der Waals surface area contributed by atoms with E-state index in [1.54, 1.807) is 0 Å². The fraction of sp³-hybridized carbons (Fsp3) is 0.818.